The molecule has 1 saturated heterocycles. The first-order chi connectivity index (χ1) is 9.16. The van der Waals surface area contributed by atoms with E-state index in [1.165, 1.54) is 30.5 Å². The summed E-state index contributed by atoms with van der Waals surface area (Å²) >= 11 is 0. The maximum absolute atomic E-state index is 10.8. The lowest BCUT2D eigenvalue weighted by atomic mass is 10.0. The van der Waals surface area contributed by atoms with Gasteiger partial charge in [-0.15, -0.1) is 0 Å². The van der Waals surface area contributed by atoms with Gasteiger partial charge in [-0.1, -0.05) is 29.8 Å². The Hall–Kier alpha value is -1.35. The lowest BCUT2D eigenvalue weighted by Gasteiger charge is -2.25. The van der Waals surface area contributed by atoms with E-state index >= 15 is 0 Å². The molecular weight excluding hydrogens is 236 g/mol. The van der Waals surface area contributed by atoms with Crippen molar-refractivity contribution in [2.45, 2.75) is 39.2 Å². The van der Waals surface area contributed by atoms with Crippen molar-refractivity contribution in [3.05, 3.63) is 35.4 Å². The van der Waals surface area contributed by atoms with Crippen LogP contribution in [-0.4, -0.2) is 30.4 Å². The number of nitrogens with one attached hydrogen (secondary N) is 1. The summed E-state index contributed by atoms with van der Waals surface area (Å²) in [6, 6.07) is 9.41. The van der Waals surface area contributed by atoms with Crippen LogP contribution in [-0.2, 0) is 4.79 Å². The maximum atomic E-state index is 10.8. The molecule has 0 saturated carbocycles. The molecule has 1 heterocycles. The largest absolute Gasteiger partial charge is 0.356 e. The van der Waals surface area contributed by atoms with Crippen LogP contribution in [0.3, 0.4) is 0 Å². The zero-order chi connectivity index (χ0) is 13.7. The Balaban J connectivity index is 1.88. The van der Waals surface area contributed by atoms with Crippen molar-refractivity contribution in [1.82, 2.24) is 10.2 Å². The predicted molar refractivity (Wildman–Crippen MR) is 78.0 cm³/mol. The Bertz CT molecular complexity index is 431. The van der Waals surface area contributed by atoms with Gasteiger partial charge in [-0.05, 0) is 38.3 Å². The molecule has 1 atom stereocenters. The van der Waals surface area contributed by atoms with Crippen LogP contribution < -0.4 is 5.32 Å². The quantitative estimate of drug-likeness (QED) is 0.826. The van der Waals surface area contributed by atoms with Crippen LogP contribution >= 0.6 is 0 Å². The summed E-state index contributed by atoms with van der Waals surface area (Å²) in [6.45, 7) is 6.76. The molecule has 1 aromatic carbocycles. The standard InChI is InChI=1S/C16H24N2O/c1-13-6-3-7-15(12-13)16-8-4-10-18(16)11-5-9-17-14(2)19/h3,6-7,12,16H,4-5,8-11H2,1-2H3,(H,17,19). The van der Waals surface area contributed by atoms with Crippen LogP contribution in [0.25, 0.3) is 0 Å². The monoisotopic (exact) mass is 260 g/mol. The van der Waals surface area contributed by atoms with Crippen molar-refractivity contribution in [2.24, 2.45) is 0 Å². The Morgan fingerprint density at radius 2 is 2.32 bits per heavy atom. The second kappa shape index (κ2) is 6.71. The maximum Gasteiger partial charge on any atom is 0.216 e. The second-order valence-corrected chi connectivity index (χ2v) is 5.44. The van der Waals surface area contributed by atoms with Gasteiger partial charge in [0.1, 0.15) is 0 Å². The van der Waals surface area contributed by atoms with Gasteiger partial charge in [0.15, 0.2) is 0 Å². The Morgan fingerprint density at radius 1 is 1.47 bits per heavy atom. The number of amides is 1. The van der Waals surface area contributed by atoms with Crippen LogP contribution in [0.1, 0.15) is 43.4 Å². The summed E-state index contributed by atoms with van der Waals surface area (Å²) in [5.41, 5.74) is 2.78. The van der Waals surface area contributed by atoms with E-state index in [4.69, 9.17) is 0 Å². The highest BCUT2D eigenvalue weighted by atomic mass is 16.1. The minimum Gasteiger partial charge on any atom is -0.356 e. The summed E-state index contributed by atoms with van der Waals surface area (Å²) in [5.74, 6) is 0.0663. The van der Waals surface area contributed by atoms with Crippen molar-refractivity contribution in [3.8, 4) is 0 Å². The number of aryl methyl sites for hydroxylation is 1. The topological polar surface area (TPSA) is 32.3 Å². The van der Waals surface area contributed by atoms with Gasteiger partial charge in [0.2, 0.25) is 5.91 Å². The molecule has 1 N–H and O–H groups in total. The van der Waals surface area contributed by atoms with Crippen LogP contribution in [0.4, 0.5) is 0 Å². The fourth-order valence-electron chi connectivity index (χ4n) is 2.90. The molecule has 104 valence electrons. The molecule has 0 spiro atoms. The van der Waals surface area contributed by atoms with Crippen LogP contribution in [0.5, 0.6) is 0 Å². The number of carbonyl (C=O) groups excluding carboxylic acids is 1. The van der Waals surface area contributed by atoms with Gasteiger partial charge in [-0.25, -0.2) is 0 Å². The van der Waals surface area contributed by atoms with E-state index in [2.05, 4.69) is 41.4 Å². The van der Waals surface area contributed by atoms with Crippen LogP contribution in [0.15, 0.2) is 24.3 Å². The number of likely N-dealkylation sites (tertiary alicyclic amines) is 1. The van der Waals surface area contributed by atoms with Gasteiger partial charge < -0.3 is 5.32 Å². The zero-order valence-electron chi connectivity index (χ0n) is 12.0. The van der Waals surface area contributed by atoms with Gasteiger partial charge in [-0.3, -0.25) is 9.69 Å². The normalized spacial score (nSPS) is 19.6. The molecule has 2 rings (SSSR count). The molecule has 1 aliphatic heterocycles. The molecule has 1 unspecified atom stereocenters. The van der Waals surface area contributed by atoms with Crippen molar-refractivity contribution in [2.75, 3.05) is 19.6 Å². The molecule has 0 radical (unpaired) electrons. The average molecular weight is 260 g/mol. The highest BCUT2D eigenvalue weighted by molar-refractivity contribution is 5.72. The van der Waals surface area contributed by atoms with Gasteiger partial charge in [0.05, 0.1) is 0 Å². The number of carbonyl (C=O) groups is 1. The summed E-state index contributed by atoms with van der Waals surface area (Å²) in [4.78, 5) is 13.4. The molecule has 3 nitrogen and oxygen atoms in total. The summed E-state index contributed by atoms with van der Waals surface area (Å²) in [5, 5.41) is 2.87. The molecule has 1 amide bonds. The molecule has 1 fully saturated rings. The third-order valence-corrected chi connectivity index (χ3v) is 3.79. The minimum absolute atomic E-state index is 0.0663. The lowest BCUT2D eigenvalue weighted by Crippen LogP contribution is -2.28. The third-order valence-electron chi connectivity index (χ3n) is 3.79. The lowest BCUT2D eigenvalue weighted by molar-refractivity contribution is -0.118. The van der Waals surface area contributed by atoms with E-state index in [0.29, 0.717) is 6.04 Å². The first-order valence-electron chi connectivity index (χ1n) is 7.22. The number of nitrogens with zero attached hydrogens (tertiary/aromatic N) is 1. The number of benzene rings is 1. The van der Waals surface area contributed by atoms with E-state index in [9.17, 15) is 4.79 Å². The fraction of sp³-hybridized carbons (Fsp3) is 0.562. The van der Waals surface area contributed by atoms with Crippen molar-refractivity contribution >= 4 is 5.91 Å². The van der Waals surface area contributed by atoms with Gasteiger partial charge in [0.25, 0.3) is 0 Å². The molecule has 0 aliphatic carbocycles. The average Bonchev–Trinajstić information content (AvgIpc) is 2.83. The minimum atomic E-state index is 0.0663. The number of hydrogen-bond donors (Lipinski definition) is 1. The summed E-state index contributed by atoms with van der Waals surface area (Å²) in [6.07, 6.45) is 3.56. The highest BCUT2D eigenvalue weighted by Crippen LogP contribution is 2.32. The smallest absolute Gasteiger partial charge is 0.216 e. The van der Waals surface area contributed by atoms with E-state index in [-0.39, 0.29) is 5.91 Å². The Labute approximate surface area is 116 Å². The van der Waals surface area contributed by atoms with Gasteiger partial charge in [-0.2, -0.15) is 0 Å². The fourth-order valence-corrected chi connectivity index (χ4v) is 2.90. The molecule has 19 heavy (non-hydrogen) atoms. The molecule has 0 aromatic heterocycles. The van der Waals surface area contributed by atoms with Crippen LogP contribution in [0.2, 0.25) is 0 Å². The number of rotatable bonds is 5. The SMILES string of the molecule is CC(=O)NCCCN1CCCC1c1cccc(C)c1. The highest BCUT2D eigenvalue weighted by Gasteiger charge is 2.25. The van der Waals surface area contributed by atoms with Crippen LogP contribution in [0, 0.1) is 6.92 Å². The van der Waals surface area contributed by atoms with Crippen molar-refractivity contribution < 1.29 is 4.79 Å². The van der Waals surface area contributed by atoms with Crippen molar-refractivity contribution in [1.29, 1.82) is 0 Å². The number of hydrogen-bond acceptors (Lipinski definition) is 2. The first kappa shape index (κ1) is 14.1. The zero-order valence-corrected chi connectivity index (χ0v) is 12.0. The Kier molecular flexibility index (Phi) is 4.97. The van der Waals surface area contributed by atoms with E-state index in [0.717, 1.165) is 19.5 Å². The molecule has 1 aromatic rings. The van der Waals surface area contributed by atoms with E-state index in [1.54, 1.807) is 6.92 Å². The summed E-state index contributed by atoms with van der Waals surface area (Å²) < 4.78 is 0. The first-order valence-corrected chi connectivity index (χ1v) is 7.22. The van der Waals surface area contributed by atoms with E-state index in [1.807, 2.05) is 0 Å². The second-order valence-electron chi connectivity index (χ2n) is 5.44. The summed E-state index contributed by atoms with van der Waals surface area (Å²) in [7, 11) is 0. The molecule has 1 aliphatic rings. The van der Waals surface area contributed by atoms with Crippen molar-refractivity contribution in [3.63, 3.8) is 0 Å². The predicted octanol–water partition coefficient (Wildman–Crippen LogP) is 2.66. The van der Waals surface area contributed by atoms with E-state index < -0.39 is 0 Å². The molecule has 0 bridgehead atoms. The molecule has 3 heteroatoms. The van der Waals surface area contributed by atoms with Gasteiger partial charge >= 0.3 is 0 Å². The Morgan fingerprint density at radius 3 is 3.05 bits per heavy atom. The van der Waals surface area contributed by atoms with Gasteiger partial charge in [0, 0.05) is 26.1 Å². The molecular formula is C16H24N2O. The third kappa shape index (κ3) is 4.06.